The van der Waals surface area contributed by atoms with Gasteiger partial charge in [0.1, 0.15) is 0 Å². The zero-order chi connectivity index (χ0) is 37.3. The van der Waals surface area contributed by atoms with Crippen LogP contribution < -0.4 is 4.90 Å². The molecule has 0 atom stereocenters. The van der Waals surface area contributed by atoms with Crippen molar-refractivity contribution in [2.45, 2.75) is 5.41 Å². The standard InChI is InChI=1S/C55H39N/c1-5-19-40(20-6-1)42-23-17-29-47(37-42)56(54-34-16-14-31-49(54)41-21-7-2-8-22-41)48-30-18-24-43(38-48)44-35-36-53-51(39-44)50-32-13-15-33-52(50)55(53,45-25-9-3-10-26-45)46-27-11-4-12-28-46/h1-39H. The van der Waals surface area contributed by atoms with Gasteiger partial charge in [0.05, 0.1) is 11.1 Å². The molecule has 1 heteroatoms. The topological polar surface area (TPSA) is 3.24 Å². The Balaban J connectivity index is 1.15. The van der Waals surface area contributed by atoms with E-state index >= 15 is 0 Å². The molecule has 0 fully saturated rings. The summed E-state index contributed by atoms with van der Waals surface area (Å²) in [5.74, 6) is 0. The van der Waals surface area contributed by atoms with Crippen molar-refractivity contribution in [1.29, 1.82) is 0 Å². The summed E-state index contributed by atoms with van der Waals surface area (Å²) in [5.41, 5.74) is 17.7. The Hall–Kier alpha value is -7.22. The van der Waals surface area contributed by atoms with Crippen molar-refractivity contribution in [3.63, 3.8) is 0 Å². The number of para-hydroxylation sites is 1. The fourth-order valence-electron chi connectivity index (χ4n) is 8.87. The predicted octanol–water partition coefficient (Wildman–Crippen LogP) is 14.5. The van der Waals surface area contributed by atoms with Crippen LogP contribution in [0.2, 0.25) is 0 Å². The second kappa shape index (κ2) is 14.2. The Morgan fingerprint density at radius 2 is 0.714 bits per heavy atom. The average molecular weight is 714 g/mol. The Morgan fingerprint density at radius 1 is 0.268 bits per heavy atom. The Bertz CT molecular complexity index is 2750. The number of hydrogen-bond donors (Lipinski definition) is 0. The molecule has 1 nitrogen and oxygen atoms in total. The second-order valence-corrected chi connectivity index (χ2v) is 14.5. The van der Waals surface area contributed by atoms with Gasteiger partial charge < -0.3 is 4.90 Å². The Morgan fingerprint density at radius 3 is 1.34 bits per heavy atom. The van der Waals surface area contributed by atoms with Crippen molar-refractivity contribution in [1.82, 2.24) is 0 Å². The fourth-order valence-corrected chi connectivity index (χ4v) is 8.87. The highest BCUT2D eigenvalue weighted by molar-refractivity contribution is 5.92. The lowest BCUT2D eigenvalue weighted by Crippen LogP contribution is -2.28. The predicted molar refractivity (Wildman–Crippen MR) is 235 cm³/mol. The molecule has 0 amide bonds. The highest BCUT2D eigenvalue weighted by Gasteiger charge is 2.45. The fraction of sp³-hybridized carbons (Fsp3) is 0.0182. The van der Waals surface area contributed by atoms with Crippen LogP contribution in [0.5, 0.6) is 0 Å². The van der Waals surface area contributed by atoms with E-state index in [1.165, 1.54) is 66.8 Å². The zero-order valence-corrected chi connectivity index (χ0v) is 31.0. The number of benzene rings is 9. The first kappa shape index (κ1) is 33.4. The molecule has 0 radical (unpaired) electrons. The molecule has 0 saturated heterocycles. The maximum absolute atomic E-state index is 2.42. The highest BCUT2D eigenvalue weighted by Crippen LogP contribution is 2.56. The van der Waals surface area contributed by atoms with Gasteiger partial charge >= 0.3 is 0 Å². The van der Waals surface area contributed by atoms with Crippen molar-refractivity contribution < 1.29 is 0 Å². The van der Waals surface area contributed by atoms with Crippen molar-refractivity contribution in [3.05, 3.63) is 259 Å². The average Bonchev–Trinajstić information content (AvgIpc) is 3.58. The number of hydrogen-bond acceptors (Lipinski definition) is 1. The van der Waals surface area contributed by atoms with E-state index in [9.17, 15) is 0 Å². The smallest absolute Gasteiger partial charge is 0.0713 e. The SMILES string of the molecule is c1ccc(-c2cccc(N(c3cccc(-c4ccc5c(c4)-c4ccccc4C5(c4ccccc4)c4ccccc4)c3)c3ccccc3-c3ccccc3)c2)cc1. The molecule has 0 saturated carbocycles. The first-order valence-electron chi connectivity index (χ1n) is 19.3. The molecule has 264 valence electrons. The third-order valence-electron chi connectivity index (χ3n) is 11.3. The first-order valence-corrected chi connectivity index (χ1v) is 19.3. The zero-order valence-electron chi connectivity index (χ0n) is 31.0. The van der Waals surface area contributed by atoms with Gasteiger partial charge in [-0.25, -0.2) is 0 Å². The Labute approximate surface area is 329 Å². The van der Waals surface area contributed by atoms with Crippen LogP contribution in [0.3, 0.4) is 0 Å². The van der Waals surface area contributed by atoms with Crippen LogP contribution in [-0.4, -0.2) is 0 Å². The van der Waals surface area contributed by atoms with Gasteiger partial charge in [0.2, 0.25) is 0 Å². The van der Waals surface area contributed by atoms with Gasteiger partial charge in [-0.15, -0.1) is 0 Å². The van der Waals surface area contributed by atoms with Gasteiger partial charge in [-0.05, 0) is 97.6 Å². The van der Waals surface area contributed by atoms with Gasteiger partial charge in [0.25, 0.3) is 0 Å². The molecule has 0 aromatic heterocycles. The number of anilines is 3. The second-order valence-electron chi connectivity index (χ2n) is 14.5. The number of nitrogens with zero attached hydrogens (tertiary/aromatic N) is 1. The third kappa shape index (κ3) is 5.65. The minimum absolute atomic E-state index is 0.420. The number of fused-ring (bicyclic) bond motifs is 3. The van der Waals surface area contributed by atoms with Crippen molar-refractivity contribution in [2.75, 3.05) is 4.90 Å². The highest BCUT2D eigenvalue weighted by atomic mass is 15.1. The quantitative estimate of drug-likeness (QED) is 0.152. The van der Waals surface area contributed by atoms with Crippen LogP contribution in [0.4, 0.5) is 17.1 Å². The lowest BCUT2D eigenvalue weighted by Gasteiger charge is -2.33. The molecule has 9 aromatic rings. The van der Waals surface area contributed by atoms with Crippen LogP contribution in [-0.2, 0) is 5.41 Å². The number of rotatable bonds is 8. The van der Waals surface area contributed by atoms with Crippen LogP contribution in [0.25, 0.3) is 44.5 Å². The van der Waals surface area contributed by atoms with Gasteiger partial charge in [-0.3, -0.25) is 0 Å². The van der Waals surface area contributed by atoms with Gasteiger partial charge in [0.15, 0.2) is 0 Å². The summed E-state index contributed by atoms with van der Waals surface area (Å²) < 4.78 is 0. The summed E-state index contributed by atoms with van der Waals surface area (Å²) in [7, 11) is 0. The van der Waals surface area contributed by atoms with Gasteiger partial charge in [0, 0.05) is 16.9 Å². The van der Waals surface area contributed by atoms with E-state index in [0.29, 0.717) is 0 Å². The molecule has 0 bridgehead atoms. The summed E-state index contributed by atoms with van der Waals surface area (Å²) in [6.07, 6.45) is 0. The molecular weight excluding hydrogens is 675 g/mol. The molecule has 0 unspecified atom stereocenters. The molecule has 56 heavy (non-hydrogen) atoms. The van der Waals surface area contributed by atoms with E-state index < -0.39 is 5.41 Å². The normalized spacial score (nSPS) is 12.4. The molecule has 1 aliphatic carbocycles. The summed E-state index contributed by atoms with van der Waals surface area (Å²) in [6.45, 7) is 0. The lowest BCUT2D eigenvalue weighted by atomic mass is 9.67. The molecule has 0 aliphatic heterocycles. The van der Waals surface area contributed by atoms with Crippen molar-refractivity contribution >= 4 is 17.1 Å². The van der Waals surface area contributed by atoms with Crippen molar-refractivity contribution in [2.24, 2.45) is 0 Å². The largest absolute Gasteiger partial charge is 0.310 e. The minimum Gasteiger partial charge on any atom is -0.310 e. The van der Waals surface area contributed by atoms with Crippen molar-refractivity contribution in [3.8, 4) is 44.5 Å². The molecule has 0 N–H and O–H groups in total. The van der Waals surface area contributed by atoms with Crippen LogP contribution in [0.15, 0.2) is 237 Å². The Kier molecular flexibility index (Phi) is 8.46. The third-order valence-corrected chi connectivity index (χ3v) is 11.3. The monoisotopic (exact) mass is 713 g/mol. The van der Waals surface area contributed by atoms with E-state index in [1.54, 1.807) is 0 Å². The first-order chi connectivity index (χ1) is 27.8. The van der Waals surface area contributed by atoms with E-state index in [0.717, 1.165) is 17.1 Å². The molecule has 10 rings (SSSR count). The summed E-state index contributed by atoms with van der Waals surface area (Å²) >= 11 is 0. The maximum Gasteiger partial charge on any atom is 0.0713 e. The van der Waals surface area contributed by atoms with Crippen LogP contribution >= 0.6 is 0 Å². The van der Waals surface area contributed by atoms with E-state index in [-0.39, 0.29) is 0 Å². The maximum atomic E-state index is 2.42. The molecule has 0 heterocycles. The minimum atomic E-state index is -0.420. The molecule has 0 spiro atoms. The van der Waals surface area contributed by atoms with Gasteiger partial charge in [-0.1, -0.05) is 200 Å². The van der Waals surface area contributed by atoms with Gasteiger partial charge in [-0.2, -0.15) is 0 Å². The van der Waals surface area contributed by atoms with E-state index in [2.05, 4.69) is 241 Å². The summed E-state index contributed by atoms with van der Waals surface area (Å²) in [5, 5.41) is 0. The van der Waals surface area contributed by atoms with Crippen LogP contribution in [0, 0.1) is 0 Å². The summed E-state index contributed by atoms with van der Waals surface area (Å²) in [4.78, 5) is 2.41. The molecule has 1 aliphatic rings. The molecule has 9 aromatic carbocycles. The van der Waals surface area contributed by atoms with E-state index in [1.807, 2.05) is 0 Å². The molecular formula is C55H39N. The van der Waals surface area contributed by atoms with Crippen LogP contribution in [0.1, 0.15) is 22.3 Å². The summed E-state index contributed by atoms with van der Waals surface area (Å²) in [6, 6.07) is 86.1. The van der Waals surface area contributed by atoms with E-state index in [4.69, 9.17) is 0 Å². The lowest BCUT2D eigenvalue weighted by molar-refractivity contribution is 0.768.